The van der Waals surface area contributed by atoms with Crippen molar-refractivity contribution >= 4 is 74.9 Å². The quantitative estimate of drug-likeness (QED) is 0.0629. The highest BCUT2D eigenvalue weighted by Crippen LogP contribution is 2.54. The van der Waals surface area contributed by atoms with Gasteiger partial charge in [-0.1, -0.05) is 109 Å². The number of carbonyl (C=O) groups excluding carboxylic acids is 1. The van der Waals surface area contributed by atoms with Crippen molar-refractivity contribution in [1.29, 1.82) is 0 Å². The summed E-state index contributed by atoms with van der Waals surface area (Å²) in [5.74, 6) is 0.853. The number of fused-ring (bicyclic) bond motifs is 1. The van der Waals surface area contributed by atoms with E-state index in [1.807, 2.05) is 60.7 Å². The maximum Gasteiger partial charge on any atom is 0.341 e. The summed E-state index contributed by atoms with van der Waals surface area (Å²) in [6, 6.07) is 33.1. The van der Waals surface area contributed by atoms with Gasteiger partial charge in [0.2, 0.25) is 0 Å². The third-order valence-corrected chi connectivity index (χ3v) is 14.1. The summed E-state index contributed by atoms with van der Waals surface area (Å²) in [5, 5.41) is 0.0852. The molecule has 2 atom stereocenters. The highest BCUT2D eigenvalue weighted by molar-refractivity contribution is 6.53. The molecule has 5 aromatic carbocycles. The summed E-state index contributed by atoms with van der Waals surface area (Å²) >= 11 is 27.7. The first-order chi connectivity index (χ1) is 30.0. The van der Waals surface area contributed by atoms with Gasteiger partial charge in [0, 0.05) is 43.1 Å². The first-order valence-electron chi connectivity index (χ1n) is 21.8. The Morgan fingerprint density at radius 3 is 1.31 bits per heavy atom. The molecule has 6 nitrogen and oxygen atoms in total. The highest BCUT2D eigenvalue weighted by Gasteiger charge is 2.48. The molecule has 322 valence electrons. The molecule has 62 heavy (non-hydrogen) atoms. The van der Waals surface area contributed by atoms with Crippen molar-refractivity contribution in [3.8, 4) is 11.5 Å². The molecule has 0 N–H and O–H groups in total. The van der Waals surface area contributed by atoms with Crippen LogP contribution in [0.15, 0.2) is 109 Å². The standard InChI is InChI=1S/C52H52Cl4N2O4/c1-5-33(3)60-41-23-15-37(16-24-41)43(35-11-19-39(20-12-35)57-27-7-8-28-57)31-52(46-45(51(59)62-52)47(53)49(55)50(56)48(46)54)32-44(38-17-25-42(26-18-38)61-34(4)6-2)36-13-21-40(22-14-36)58-29-9-10-30-58/h11-26,31-34H,5-10,27-30H2,1-4H3/b43-31-,44-32-. The van der Waals surface area contributed by atoms with Crippen LogP contribution in [0.3, 0.4) is 0 Å². The predicted octanol–water partition coefficient (Wildman–Crippen LogP) is 14.5. The van der Waals surface area contributed by atoms with E-state index in [9.17, 15) is 4.79 Å². The molecule has 3 aliphatic rings. The molecular formula is C52H52Cl4N2O4. The molecule has 3 heterocycles. The fourth-order valence-corrected chi connectivity index (χ4v) is 9.58. The molecule has 2 fully saturated rings. The molecule has 8 rings (SSSR count). The molecule has 3 aliphatic heterocycles. The van der Waals surface area contributed by atoms with Crippen molar-refractivity contribution in [2.24, 2.45) is 0 Å². The van der Waals surface area contributed by atoms with E-state index in [2.05, 4.69) is 86.0 Å². The number of nitrogens with zero attached hydrogens (tertiary/aromatic N) is 2. The van der Waals surface area contributed by atoms with Crippen LogP contribution in [0.1, 0.15) is 104 Å². The van der Waals surface area contributed by atoms with Crippen molar-refractivity contribution in [1.82, 2.24) is 0 Å². The number of carbonyl (C=O) groups is 1. The summed E-state index contributed by atoms with van der Waals surface area (Å²) in [6.07, 6.45) is 10.5. The van der Waals surface area contributed by atoms with E-state index in [1.54, 1.807) is 0 Å². The third-order valence-electron chi connectivity index (χ3n) is 12.3. The summed E-state index contributed by atoms with van der Waals surface area (Å²) in [6.45, 7) is 12.4. The van der Waals surface area contributed by atoms with Gasteiger partial charge in [-0.05, 0) is 146 Å². The number of anilines is 2. The molecule has 0 aromatic heterocycles. The monoisotopic (exact) mass is 908 g/mol. The molecule has 2 unspecified atom stereocenters. The number of esters is 1. The van der Waals surface area contributed by atoms with Crippen LogP contribution in [-0.4, -0.2) is 44.4 Å². The molecular weight excluding hydrogens is 858 g/mol. The van der Waals surface area contributed by atoms with Gasteiger partial charge >= 0.3 is 5.97 Å². The van der Waals surface area contributed by atoms with Crippen molar-refractivity contribution in [3.63, 3.8) is 0 Å². The van der Waals surface area contributed by atoms with Gasteiger partial charge in [0.1, 0.15) is 11.5 Å². The molecule has 0 aliphatic carbocycles. The largest absolute Gasteiger partial charge is 0.491 e. The number of halogens is 4. The van der Waals surface area contributed by atoms with Crippen molar-refractivity contribution in [2.75, 3.05) is 36.0 Å². The zero-order valence-electron chi connectivity index (χ0n) is 35.7. The van der Waals surface area contributed by atoms with E-state index in [-0.39, 0.29) is 37.9 Å². The highest BCUT2D eigenvalue weighted by atomic mass is 35.5. The van der Waals surface area contributed by atoms with E-state index in [1.165, 1.54) is 25.7 Å². The van der Waals surface area contributed by atoms with Gasteiger partial charge in [0.25, 0.3) is 0 Å². The van der Waals surface area contributed by atoms with Crippen LogP contribution in [0.4, 0.5) is 11.4 Å². The van der Waals surface area contributed by atoms with Crippen LogP contribution in [0, 0.1) is 0 Å². The lowest BCUT2D eigenvalue weighted by molar-refractivity contribution is 0.0300. The van der Waals surface area contributed by atoms with E-state index in [4.69, 9.17) is 60.6 Å². The maximum atomic E-state index is 14.4. The average molecular weight is 911 g/mol. The van der Waals surface area contributed by atoms with E-state index >= 15 is 0 Å². The normalized spacial score (nSPS) is 18.8. The lowest BCUT2D eigenvalue weighted by atomic mass is 9.83. The van der Waals surface area contributed by atoms with Crippen LogP contribution in [-0.2, 0) is 10.3 Å². The number of cyclic esters (lactones) is 1. The lowest BCUT2D eigenvalue weighted by Crippen LogP contribution is -2.23. The molecule has 10 heteroatoms. The number of hydrogen-bond donors (Lipinski definition) is 0. The fourth-order valence-electron chi connectivity index (χ4n) is 8.50. The summed E-state index contributed by atoms with van der Waals surface area (Å²) in [7, 11) is 0. The molecule has 2 saturated heterocycles. The lowest BCUT2D eigenvalue weighted by Gasteiger charge is -2.28. The Kier molecular flexibility index (Phi) is 13.5. The molecule has 0 spiro atoms. The van der Waals surface area contributed by atoms with Crippen LogP contribution in [0.2, 0.25) is 20.1 Å². The Hall–Kier alpha value is -4.59. The van der Waals surface area contributed by atoms with E-state index in [0.717, 1.165) is 95.3 Å². The zero-order chi connectivity index (χ0) is 43.5. The topological polar surface area (TPSA) is 51.2 Å². The summed E-state index contributed by atoms with van der Waals surface area (Å²) in [4.78, 5) is 19.2. The van der Waals surface area contributed by atoms with Crippen molar-refractivity contribution < 1.29 is 19.0 Å². The number of benzene rings is 5. The smallest absolute Gasteiger partial charge is 0.341 e. The minimum atomic E-state index is -1.63. The van der Waals surface area contributed by atoms with Gasteiger partial charge in [-0.25, -0.2) is 4.79 Å². The van der Waals surface area contributed by atoms with Crippen molar-refractivity contribution in [3.05, 3.63) is 163 Å². The Labute approximate surface area is 386 Å². The minimum Gasteiger partial charge on any atom is -0.491 e. The van der Waals surface area contributed by atoms with E-state index in [0.29, 0.717) is 5.56 Å². The Balaban J connectivity index is 1.38. The van der Waals surface area contributed by atoms with Crippen LogP contribution < -0.4 is 19.3 Å². The van der Waals surface area contributed by atoms with Gasteiger partial charge in [-0.15, -0.1) is 0 Å². The molecule has 0 amide bonds. The van der Waals surface area contributed by atoms with Gasteiger partial charge in [-0.2, -0.15) is 0 Å². The van der Waals surface area contributed by atoms with Gasteiger partial charge in [-0.3, -0.25) is 0 Å². The number of ether oxygens (including phenoxy) is 3. The van der Waals surface area contributed by atoms with Crippen LogP contribution in [0.5, 0.6) is 11.5 Å². The second kappa shape index (κ2) is 19.0. The van der Waals surface area contributed by atoms with E-state index < -0.39 is 11.6 Å². The SMILES string of the molecule is CCC(C)Oc1ccc(/C(=C\C2(/C=C(\c3ccc(OC(C)CC)cc3)c3ccc(N4CCCC4)cc3)OC(=O)c3c(Cl)c(Cl)c(Cl)c(Cl)c32)c2ccc(N3CCCC3)cc2)cc1. The zero-order valence-corrected chi connectivity index (χ0v) is 38.7. The summed E-state index contributed by atoms with van der Waals surface area (Å²) < 4.78 is 19.1. The van der Waals surface area contributed by atoms with Gasteiger partial charge < -0.3 is 24.0 Å². The molecule has 5 aromatic rings. The Morgan fingerprint density at radius 2 is 0.935 bits per heavy atom. The summed E-state index contributed by atoms with van der Waals surface area (Å²) in [5.41, 5.74) is 6.22. The molecule has 0 bridgehead atoms. The molecule has 0 saturated carbocycles. The van der Waals surface area contributed by atoms with Gasteiger partial charge in [0.15, 0.2) is 5.60 Å². The second-order valence-electron chi connectivity index (χ2n) is 16.5. The molecule has 0 radical (unpaired) electrons. The van der Waals surface area contributed by atoms with Crippen molar-refractivity contribution in [2.45, 2.75) is 84.0 Å². The van der Waals surface area contributed by atoms with Crippen LogP contribution >= 0.6 is 46.4 Å². The Bertz CT molecular complexity index is 2320. The second-order valence-corrected chi connectivity index (χ2v) is 18.0. The first kappa shape index (κ1) is 44.0. The van der Waals surface area contributed by atoms with Crippen LogP contribution in [0.25, 0.3) is 11.1 Å². The maximum absolute atomic E-state index is 14.4. The average Bonchev–Trinajstić information content (AvgIpc) is 4.09. The van der Waals surface area contributed by atoms with Gasteiger partial charge in [0.05, 0.1) is 37.9 Å². The minimum absolute atomic E-state index is 0.0120. The third kappa shape index (κ3) is 9.08. The Morgan fingerprint density at radius 1 is 0.581 bits per heavy atom. The first-order valence-corrected chi connectivity index (χ1v) is 23.3. The fraction of sp³-hybridized carbons (Fsp3) is 0.327. The predicted molar refractivity (Wildman–Crippen MR) is 257 cm³/mol. The number of rotatable bonds is 14. The number of hydrogen-bond acceptors (Lipinski definition) is 6.